The Morgan fingerprint density at radius 2 is 2.00 bits per heavy atom. The Bertz CT molecular complexity index is 704. The Morgan fingerprint density at radius 3 is 2.75 bits per heavy atom. The van der Waals surface area contributed by atoms with Crippen molar-refractivity contribution in [2.24, 2.45) is 23.3 Å². The van der Waals surface area contributed by atoms with Crippen molar-refractivity contribution >= 4 is 11.8 Å². The molecule has 1 aliphatic carbocycles. The van der Waals surface area contributed by atoms with Gasteiger partial charge in [-0.3, -0.25) is 14.5 Å². The van der Waals surface area contributed by atoms with E-state index in [1.165, 1.54) is 5.56 Å². The van der Waals surface area contributed by atoms with Crippen molar-refractivity contribution in [2.45, 2.75) is 64.1 Å². The van der Waals surface area contributed by atoms with Crippen LogP contribution in [0.1, 0.15) is 56.6 Å². The van der Waals surface area contributed by atoms with Gasteiger partial charge in [-0.25, -0.2) is 0 Å². The van der Waals surface area contributed by atoms with Gasteiger partial charge in [0.1, 0.15) is 0 Å². The highest BCUT2D eigenvalue weighted by Gasteiger charge is 2.37. The van der Waals surface area contributed by atoms with E-state index in [9.17, 15) is 9.59 Å². The van der Waals surface area contributed by atoms with Crippen LogP contribution in [-0.2, 0) is 22.7 Å². The predicted molar refractivity (Wildman–Crippen MR) is 110 cm³/mol. The number of nitrogens with zero attached hydrogens (tertiary/aromatic N) is 1. The second-order valence-corrected chi connectivity index (χ2v) is 8.82. The van der Waals surface area contributed by atoms with Gasteiger partial charge in [0, 0.05) is 25.2 Å². The van der Waals surface area contributed by atoms with Crippen molar-refractivity contribution in [3.63, 3.8) is 0 Å². The van der Waals surface area contributed by atoms with E-state index in [4.69, 9.17) is 11.5 Å². The molecule has 1 saturated heterocycles. The molecule has 0 bridgehead atoms. The fourth-order valence-corrected chi connectivity index (χ4v) is 4.63. The number of primary amides is 1. The fraction of sp³-hybridized carbons (Fsp3) is 0.636. The summed E-state index contributed by atoms with van der Waals surface area (Å²) in [4.78, 5) is 26.4. The van der Waals surface area contributed by atoms with Crippen molar-refractivity contribution in [3.05, 3.63) is 35.4 Å². The van der Waals surface area contributed by atoms with Crippen LogP contribution in [-0.4, -0.2) is 35.3 Å². The quantitative estimate of drug-likeness (QED) is 0.695. The van der Waals surface area contributed by atoms with Crippen LogP contribution in [0.3, 0.4) is 0 Å². The van der Waals surface area contributed by atoms with Crippen molar-refractivity contribution < 1.29 is 9.59 Å². The maximum Gasteiger partial charge on any atom is 0.225 e. The second-order valence-electron chi connectivity index (χ2n) is 8.82. The maximum atomic E-state index is 12.6. The van der Waals surface area contributed by atoms with E-state index in [0.29, 0.717) is 6.54 Å². The van der Waals surface area contributed by atoms with Crippen molar-refractivity contribution in [1.29, 1.82) is 0 Å². The van der Waals surface area contributed by atoms with E-state index in [1.807, 2.05) is 19.1 Å². The first kappa shape index (κ1) is 20.8. The monoisotopic (exact) mass is 386 g/mol. The standard InChI is InChI=1S/C22H34N4O2/c1-22(24)10-3-2-9-19(22)21(28)25-13-16-6-4-7-17(12-16)14-26-11-5-8-18(15-26)20(23)27/h4,6-7,12,18-19H,2-3,5,8-11,13-15,24H2,1H3,(H2,23,27)(H,25,28). The number of hydrogen-bond donors (Lipinski definition) is 3. The Kier molecular flexibility index (Phi) is 6.73. The van der Waals surface area contributed by atoms with E-state index in [0.717, 1.165) is 63.7 Å². The predicted octanol–water partition coefficient (Wildman–Crippen LogP) is 1.91. The molecule has 6 heteroatoms. The summed E-state index contributed by atoms with van der Waals surface area (Å²) >= 11 is 0. The molecule has 6 nitrogen and oxygen atoms in total. The van der Waals surface area contributed by atoms with Crippen LogP contribution in [0, 0.1) is 11.8 Å². The molecule has 0 spiro atoms. The summed E-state index contributed by atoms with van der Waals surface area (Å²) < 4.78 is 0. The van der Waals surface area contributed by atoms with E-state index in [1.54, 1.807) is 0 Å². The summed E-state index contributed by atoms with van der Waals surface area (Å²) in [7, 11) is 0. The van der Waals surface area contributed by atoms with E-state index >= 15 is 0 Å². The van der Waals surface area contributed by atoms with Crippen LogP contribution in [0.4, 0.5) is 0 Å². The number of likely N-dealkylation sites (tertiary alicyclic amines) is 1. The molecule has 154 valence electrons. The highest BCUT2D eigenvalue weighted by Crippen LogP contribution is 2.31. The van der Waals surface area contributed by atoms with Crippen LogP contribution >= 0.6 is 0 Å². The van der Waals surface area contributed by atoms with Crippen molar-refractivity contribution in [1.82, 2.24) is 10.2 Å². The third kappa shape index (κ3) is 5.32. The van der Waals surface area contributed by atoms with Crippen LogP contribution in [0.2, 0.25) is 0 Å². The topological polar surface area (TPSA) is 101 Å². The van der Waals surface area contributed by atoms with Gasteiger partial charge >= 0.3 is 0 Å². The molecule has 3 rings (SSSR count). The van der Waals surface area contributed by atoms with Gasteiger partial charge in [-0.05, 0) is 50.3 Å². The molecule has 2 aliphatic rings. The number of rotatable bonds is 6. The number of nitrogens with one attached hydrogen (secondary N) is 1. The summed E-state index contributed by atoms with van der Waals surface area (Å²) in [5, 5.41) is 3.08. The van der Waals surface area contributed by atoms with Crippen LogP contribution in [0.25, 0.3) is 0 Å². The number of hydrogen-bond acceptors (Lipinski definition) is 4. The molecule has 3 atom stereocenters. The molecule has 2 amide bonds. The largest absolute Gasteiger partial charge is 0.369 e. The Hall–Kier alpha value is -1.92. The van der Waals surface area contributed by atoms with Crippen molar-refractivity contribution in [2.75, 3.05) is 13.1 Å². The minimum Gasteiger partial charge on any atom is -0.369 e. The average Bonchev–Trinajstić information content (AvgIpc) is 2.66. The summed E-state index contributed by atoms with van der Waals surface area (Å²) in [6.45, 7) is 5.03. The molecule has 0 radical (unpaired) electrons. The molecule has 1 aliphatic heterocycles. The third-order valence-corrected chi connectivity index (χ3v) is 6.34. The first-order valence-corrected chi connectivity index (χ1v) is 10.5. The number of amides is 2. The average molecular weight is 387 g/mol. The third-order valence-electron chi connectivity index (χ3n) is 6.34. The molecular weight excluding hydrogens is 352 g/mol. The normalized spacial score (nSPS) is 28.6. The van der Waals surface area contributed by atoms with E-state index < -0.39 is 5.54 Å². The highest BCUT2D eigenvalue weighted by molar-refractivity contribution is 5.80. The smallest absolute Gasteiger partial charge is 0.225 e. The molecule has 1 saturated carbocycles. The first-order chi connectivity index (χ1) is 13.3. The molecule has 1 heterocycles. The Balaban J connectivity index is 1.55. The summed E-state index contributed by atoms with van der Waals surface area (Å²) in [6.07, 6.45) is 5.84. The zero-order valence-corrected chi connectivity index (χ0v) is 17.0. The molecular formula is C22H34N4O2. The Morgan fingerprint density at radius 1 is 1.21 bits per heavy atom. The van der Waals surface area contributed by atoms with Gasteiger partial charge in [-0.15, -0.1) is 0 Å². The number of carbonyl (C=O) groups excluding carboxylic acids is 2. The summed E-state index contributed by atoms with van der Waals surface area (Å²) in [5.74, 6) is -0.285. The van der Waals surface area contributed by atoms with Gasteiger partial charge in [0.2, 0.25) is 11.8 Å². The van der Waals surface area contributed by atoms with Crippen molar-refractivity contribution in [3.8, 4) is 0 Å². The van der Waals surface area contributed by atoms with Gasteiger partial charge in [-0.1, -0.05) is 37.1 Å². The lowest BCUT2D eigenvalue weighted by Crippen LogP contribution is -2.52. The zero-order chi connectivity index (χ0) is 20.1. The minimum absolute atomic E-state index is 0.0442. The molecule has 2 fully saturated rings. The molecule has 5 N–H and O–H groups in total. The summed E-state index contributed by atoms with van der Waals surface area (Å²) in [6, 6.07) is 8.29. The lowest BCUT2D eigenvalue weighted by Gasteiger charge is -2.37. The highest BCUT2D eigenvalue weighted by atomic mass is 16.2. The molecule has 0 aromatic heterocycles. The number of carbonyl (C=O) groups is 2. The van der Waals surface area contributed by atoms with Crippen LogP contribution in [0.15, 0.2) is 24.3 Å². The zero-order valence-electron chi connectivity index (χ0n) is 17.0. The molecule has 1 aromatic rings. The van der Waals surface area contributed by atoms with Gasteiger partial charge < -0.3 is 16.8 Å². The van der Waals surface area contributed by atoms with Gasteiger partial charge in [0.15, 0.2) is 0 Å². The fourth-order valence-electron chi connectivity index (χ4n) is 4.63. The van der Waals surface area contributed by atoms with E-state index in [-0.39, 0.29) is 23.7 Å². The summed E-state index contributed by atoms with van der Waals surface area (Å²) in [5.41, 5.74) is 13.7. The number of nitrogens with two attached hydrogens (primary N) is 2. The first-order valence-electron chi connectivity index (χ1n) is 10.5. The van der Waals surface area contributed by atoms with E-state index in [2.05, 4.69) is 22.3 Å². The lowest BCUT2D eigenvalue weighted by atomic mass is 9.74. The Labute approximate surface area is 168 Å². The maximum absolute atomic E-state index is 12.6. The second kappa shape index (κ2) is 9.05. The van der Waals surface area contributed by atoms with Gasteiger partial charge in [0.05, 0.1) is 11.8 Å². The van der Waals surface area contributed by atoms with Gasteiger partial charge in [-0.2, -0.15) is 0 Å². The minimum atomic E-state index is -0.407. The SMILES string of the molecule is CC1(N)CCCCC1C(=O)NCc1cccc(CN2CCCC(C(N)=O)C2)c1. The lowest BCUT2D eigenvalue weighted by molar-refractivity contribution is -0.128. The number of benzene rings is 1. The van der Waals surface area contributed by atoms with Gasteiger partial charge in [0.25, 0.3) is 0 Å². The molecule has 3 unspecified atom stereocenters. The number of piperidine rings is 1. The van der Waals surface area contributed by atoms with Crippen LogP contribution in [0.5, 0.6) is 0 Å². The molecule has 28 heavy (non-hydrogen) atoms. The van der Waals surface area contributed by atoms with Crippen LogP contribution < -0.4 is 16.8 Å². The molecule has 1 aromatic carbocycles.